The van der Waals surface area contributed by atoms with Gasteiger partial charge in [0.05, 0.1) is 21.1 Å². The molecule has 6 nitrogen and oxygen atoms in total. The molecule has 0 atom stereocenters. The maximum Gasteiger partial charge on any atom is 0.240 e. The minimum Gasteiger partial charge on any atom is -0.273 e. The summed E-state index contributed by atoms with van der Waals surface area (Å²) < 4.78 is 1.35. The largest absolute Gasteiger partial charge is 0.273 e. The highest BCUT2D eigenvalue weighted by Gasteiger charge is 2.03. The Bertz CT molecular complexity index is 751. The average Bonchev–Trinajstić information content (AvgIpc) is 3.23. The Morgan fingerprint density at radius 2 is 1.26 bits per heavy atom. The van der Waals surface area contributed by atoms with E-state index in [2.05, 4.69) is 21.1 Å². The third-order valence-corrected chi connectivity index (χ3v) is 5.59. The summed E-state index contributed by atoms with van der Waals surface area (Å²) in [5.74, 6) is -0.310. The van der Waals surface area contributed by atoms with Crippen LogP contribution in [-0.2, 0) is 9.59 Å². The van der Waals surface area contributed by atoms with E-state index in [1.807, 2.05) is 12.1 Å². The van der Waals surface area contributed by atoms with Crippen LogP contribution in [0.1, 0.15) is 41.9 Å². The van der Waals surface area contributed by atoms with Crippen molar-refractivity contribution in [2.24, 2.45) is 10.2 Å². The first-order chi connectivity index (χ1) is 13.0. The normalized spacial score (nSPS) is 11.3. The molecule has 2 heterocycles. The smallest absolute Gasteiger partial charge is 0.240 e. The van der Waals surface area contributed by atoms with Gasteiger partial charge in [-0.05, 0) is 37.1 Å². The summed E-state index contributed by atoms with van der Waals surface area (Å²) >= 11 is 14.4. The van der Waals surface area contributed by atoms with E-state index in [1.165, 1.54) is 22.7 Å². The lowest BCUT2D eigenvalue weighted by Gasteiger charge is -2.01. The first kappa shape index (κ1) is 21.6. The molecule has 10 heteroatoms. The molecule has 144 valence electrons. The van der Waals surface area contributed by atoms with Crippen LogP contribution in [0.25, 0.3) is 0 Å². The fourth-order valence-electron chi connectivity index (χ4n) is 1.99. The van der Waals surface area contributed by atoms with Gasteiger partial charge < -0.3 is 0 Å². The highest BCUT2D eigenvalue weighted by Crippen LogP contribution is 2.20. The number of rotatable bonds is 10. The van der Waals surface area contributed by atoms with Crippen molar-refractivity contribution in [3.8, 4) is 0 Å². The Morgan fingerprint density at radius 1 is 0.815 bits per heavy atom. The molecule has 0 aliphatic rings. The van der Waals surface area contributed by atoms with Gasteiger partial charge in [-0.15, -0.1) is 22.7 Å². The van der Waals surface area contributed by atoms with Gasteiger partial charge >= 0.3 is 0 Å². The number of hydrazone groups is 2. The van der Waals surface area contributed by atoms with Gasteiger partial charge in [-0.25, -0.2) is 10.9 Å². The Labute approximate surface area is 175 Å². The van der Waals surface area contributed by atoms with Crippen LogP contribution < -0.4 is 10.9 Å². The summed E-state index contributed by atoms with van der Waals surface area (Å²) in [6.07, 6.45) is 6.00. The maximum atomic E-state index is 11.7. The molecule has 2 N–H and O–H groups in total. The molecule has 0 aromatic carbocycles. The fraction of sp³-hybridized carbons (Fsp3) is 0.294. The van der Waals surface area contributed by atoms with Crippen molar-refractivity contribution in [3.05, 3.63) is 42.7 Å². The van der Waals surface area contributed by atoms with Gasteiger partial charge in [0.2, 0.25) is 11.8 Å². The molecule has 27 heavy (non-hydrogen) atoms. The third-order valence-electron chi connectivity index (χ3n) is 3.26. The highest BCUT2D eigenvalue weighted by molar-refractivity contribution is 7.18. The zero-order valence-corrected chi connectivity index (χ0v) is 17.4. The van der Waals surface area contributed by atoms with Gasteiger partial charge in [0.1, 0.15) is 0 Å². The van der Waals surface area contributed by atoms with Gasteiger partial charge in [-0.2, -0.15) is 10.2 Å². The fourth-order valence-corrected chi connectivity index (χ4v) is 3.86. The lowest BCUT2D eigenvalue weighted by Crippen LogP contribution is -2.18. The average molecular weight is 445 g/mol. The number of amides is 2. The number of nitrogens with zero attached hydrogens (tertiary/aromatic N) is 2. The number of hydrogen-bond acceptors (Lipinski definition) is 6. The topological polar surface area (TPSA) is 82.9 Å². The van der Waals surface area contributed by atoms with E-state index < -0.39 is 0 Å². The van der Waals surface area contributed by atoms with Gasteiger partial charge in [0.25, 0.3) is 0 Å². The number of hydrogen-bond donors (Lipinski definition) is 2. The van der Waals surface area contributed by atoms with Crippen LogP contribution in [0.5, 0.6) is 0 Å². The Morgan fingerprint density at radius 3 is 1.63 bits per heavy atom. The van der Waals surface area contributed by atoms with Crippen molar-refractivity contribution in [3.63, 3.8) is 0 Å². The van der Waals surface area contributed by atoms with Crippen LogP contribution in [0, 0.1) is 0 Å². The minimum absolute atomic E-state index is 0.155. The molecule has 0 saturated carbocycles. The van der Waals surface area contributed by atoms with E-state index in [1.54, 1.807) is 24.6 Å². The Hall–Kier alpha value is -1.74. The van der Waals surface area contributed by atoms with Crippen molar-refractivity contribution < 1.29 is 9.59 Å². The molecular weight excluding hydrogens is 427 g/mol. The second-order valence-corrected chi connectivity index (χ2v) is 8.92. The summed E-state index contributed by atoms with van der Waals surface area (Å²) in [6.45, 7) is 0. The second kappa shape index (κ2) is 11.9. The van der Waals surface area contributed by atoms with Crippen LogP contribution in [0.15, 0.2) is 34.5 Å². The molecule has 0 aliphatic carbocycles. The molecule has 0 unspecified atom stereocenters. The standard InChI is InChI=1S/C17H18Cl2N4O2S2/c18-14-8-6-12(26-14)10-20-22-16(24)4-2-1-3-5-17(25)23-21-11-13-7-9-15(19)27-13/h6-11H,1-5H2,(H,22,24)(H,23,25)/b20-10-,21-11-. The second-order valence-electron chi connectivity index (χ2n) is 5.43. The van der Waals surface area contributed by atoms with Crippen molar-refractivity contribution in [2.45, 2.75) is 32.1 Å². The molecule has 2 rings (SSSR count). The number of carbonyl (C=O) groups excluding carboxylic acids is 2. The molecule has 2 aromatic rings. The predicted molar refractivity (Wildman–Crippen MR) is 113 cm³/mol. The van der Waals surface area contributed by atoms with E-state index in [-0.39, 0.29) is 11.8 Å². The lowest BCUT2D eigenvalue weighted by molar-refractivity contribution is -0.121. The van der Waals surface area contributed by atoms with E-state index in [0.29, 0.717) is 34.4 Å². The number of nitrogens with one attached hydrogen (secondary N) is 2. The summed E-state index contributed by atoms with van der Waals surface area (Å²) in [5.41, 5.74) is 4.95. The molecule has 0 fully saturated rings. The Balaban J connectivity index is 1.50. The van der Waals surface area contributed by atoms with Crippen molar-refractivity contribution in [2.75, 3.05) is 0 Å². The zero-order valence-electron chi connectivity index (χ0n) is 14.3. The van der Waals surface area contributed by atoms with E-state index >= 15 is 0 Å². The van der Waals surface area contributed by atoms with E-state index in [9.17, 15) is 9.59 Å². The molecular formula is C17H18Cl2N4O2S2. The molecule has 0 bridgehead atoms. The number of unbranched alkanes of at least 4 members (excludes halogenated alkanes) is 2. The van der Waals surface area contributed by atoms with Crippen LogP contribution in [0.4, 0.5) is 0 Å². The zero-order chi connectivity index (χ0) is 19.5. The van der Waals surface area contributed by atoms with Crippen LogP contribution >= 0.6 is 45.9 Å². The third kappa shape index (κ3) is 9.14. The quantitative estimate of drug-likeness (QED) is 0.317. The van der Waals surface area contributed by atoms with Crippen molar-refractivity contribution in [1.29, 1.82) is 0 Å². The molecule has 2 aromatic heterocycles. The monoisotopic (exact) mass is 444 g/mol. The first-order valence-electron chi connectivity index (χ1n) is 8.17. The summed E-state index contributed by atoms with van der Waals surface area (Å²) in [5, 5.41) is 7.76. The predicted octanol–water partition coefficient (Wildman–Crippen LogP) is 4.67. The highest BCUT2D eigenvalue weighted by atomic mass is 35.5. The number of thiophene rings is 2. The summed E-state index contributed by atoms with van der Waals surface area (Å²) in [6, 6.07) is 7.20. The van der Waals surface area contributed by atoms with Gasteiger partial charge in [-0.3, -0.25) is 9.59 Å². The molecule has 0 radical (unpaired) electrons. The molecule has 0 saturated heterocycles. The van der Waals surface area contributed by atoms with Gasteiger partial charge in [-0.1, -0.05) is 29.6 Å². The molecule has 0 spiro atoms. The van der Waals surface area contributed by atoms with Crippen LogP contribution in [0.2, 0.25) is 8.67 Å². The molecule has 0 aliphatic heterocycles. The van der Waals surface area contributed by atoms with Crippen molar-refractivity contribution in [1.82, 2.24) is 10.9 Å². The van der Waals surface area contributed by atoms with Gasteiger partial charge in [0.15, 0.2) is 0 Å². The summed E-state index contributed by atoms with van der Waals surface area (Å²) in [4.78, 5) is 25.1. The number of carbonyl (C=O) groups is 2. The van der Waals surface area contributed by atoms with Crippen LogP contribution in [-0.4, -0.2) is 24.2 Å². The van der Waals surface area contributed by atoms with E-state index in [4.69, 9.17) is 23.2 Å². The number of halogens is 2. The van der Waals surface area contributed by atoms with E-state index in [0.717, 1.165) is 16.2 Å². The van der Waals surface area contributed by atoms with Crippen LogP contribution in [0.3, 0.4) is 0 Å². The minimum atomic E-state index is -0.155. The summed E-state index contributed by atoms with van der Waals surface area (Å²) in [7, 11) is 0. The van der Waals surface area contributed by atoms with Gasteiger partial charge in [0, 0.05) is 22.6 Å². The lowest BCUT2D eigenvalue weighted by atomic mass is 10.1. The Kier molecular flexibility index (Phi) is 9.47. The molecule has 2 amide bonds. The van der Waals surface area contributed by atoms with Crippen molar-refractivity contribution >= 4 is 70.1 Å². The maximum absolute atomic E-state index is 11.7. The SMILES string of the molecule is O=C(CCCCCC(=O)N/N=C\c1ccc(Cl)s1)N/N=C\c1ccc(Cl)s1. The first-order valence-corrected chi connectivity index (χ1v) is 10.6.